The lowest BCUT2D eigenvalue weighted by atomic mass is 9.81. The van der Waals surface area contributed by atoms with Crippen molar-refractivity contribution in [3.8, 4) is 11.1 Å². The Labute approximate surface area is 198 Å². The number of nitrogens with one attached hydrogen (secondary N) is 1. The van der Waals surface area contributed by atoms with E-state index in [4.69, 9.17) is 9.47 Å². The average molecular weight is 467 g/mol. The third-order valence-electron chi connectivity index (χ3n) is 7.24. The zero-order valence-corrected chi connectivity index (χ0v) is 19.6. The number of methoxy groups -OCH3 is 1. The van der Waals surface area contributed by atoms with Crippen LogP contribution in [0.2, 0.25) is 0 Å². The maximum absolute atomic E-state index is 12.9. The summed E-state index contributed by atoms with van der Waals surface area (Å²) in [6.07, 6.45) is -1.56. The number of carboxylic acids is 1. The van der Waals surface area contributed by atoms with Crippen molar-refractivity contribution in [2.75, 3.05) is 33.4 Å². The Hall–Kier alpha value is -3.39. The molecule has 2 aliphatic rings. The highest BCUT2D eigenvalue weighted by atomic mass is 16.5. The summed E-state index contributed by atoms with van der Waals surface area (Å²) in [5.41, 5.74) is 3.52. The van der Waals surface area contributed by atoms with Gasteiger partial charge in [-0.1, -0.05) is 55.5 Å². The van der Waals surface area contributed by atoms with Crippen LogP contribution < -0.4 is 5.32 Å². The number of aliphatic carboxylic acids is 1. The molecule has 4 rings (SSSR count). The second-order valence-electron chi connectivity index (χ2n) is 9.27. The molecule has 2 aromatic rings. The van der Waals surface area contributed by atoms with Crippen LogP contribution in [0, 0.1) is 11.3 Å². The first-order chi connectivity index (χ1) is 16.3. The molecule has 0 radical (unpaired) electrons. The lowest BCUT2D eigenvalue weighted by molar-refractivity contribution is -0.149. The van der Waals surface area contributed by atoms with E-state index in [1.165, 1.54) is 12.0 Å². The highest BCUT2D eigenvalue weighted by molar-refractivity contribution is 5.84. The first-order valence-electron chi connectivity index (χ1n) is 11.4. The average Bonchev–Trinajstić information content (AvgIpc) is 3.33. The van der Waals surface area contributed by atoms with Crippen LogP contribution in [0.5, 0.6) is 0 Å². The van der Waals surface area contributed by atoms with Crippen LogP contribution in [-0.2, 0) is 19.1 Å². The number of hydrogen-bond acceptors (Lipinski definition) is 5. The number of nitrogens with zero attached hydrogens (tertiary/aromatic N) is 1. The summed E-state index contributed by atoms with van der Waals surface area (Å²) < 4.78 is 10.8. The number of carboxylic acid groups (broad SMARTS) is 1. The van der Waals surface area contributed by atoms with E-state index in [-0.39, 0.29) is 37.4 Å². The van der Waals surface area contributed by atoms with Gasteiger partial charge in [-0.05, 0) is 35.1 Å². The van der Waals surface area contributed by atoms with Crippen molar-refractivity contribution < 1.29 is 29.0 Å². The molecule has 1 aliphatic heterocycles. The fraction of sp³-hybridized carbons (Fsp3) is 0.423. The van der Waals surface area contributed by atoms with E-state index in [0.717, 1.165) is 22.3 Å². The smallest absolute Gasteiger partial charge is 0.407 e. The molecule has 1 saturated heterocycles. The van der Waals surface area contributed by atoms with Crippen LogP contribution in [0.3, 0.4) is 0 Å². The molecule has 0 bridgehead atoms. The monoisotopic (exact) mass is 466 g/mol. The summed E-state index contributed by atoms with van der Waals surface area (Å²) in [5, 5.41) is 12.2. The van der Waals surface area contributed by atoms with E-state index in [2.05, 4.69) is 17.4 Å². The summed E-state index contributed by atoms with van der Waals surface area (Å²) in [4.78, 5) is 38.5. The topological polar surface area (TPSA) is 105 Å². The largest absolute Gasteiger partial charge is 0.481 e. The summed E-state index contributed by atoms with van der Waals surface area (Å²) in [5.74, 6) is -1.53. The highest BCUT2D eigenvalue weighted by Crippen LogP contribution is 2.44. The minimum absolute atomic E-state index is 0.0576. The number of carbonyl (C=O) groups is 3. The van der Waals surface area contributed by atoms with Gasteiger partial charge in [-0.3, -0.25) is 9.59 Å². The Bertz CT molecular complexity index is 1060. The molecule has 8 heteroatoms. The van der Waals surface area contributed by atoms with Crippen molar-refractivity contribution in [1.82, 2.24) is 10.2 Å². The van der Waals surface area contributed by atoms with Gasteiger partial charge in [0.05, 0.1) is 12.0 Å². The van der Waals surface area contributed by atoms with Gasteiger partial charge in [0.25, 0.3) is 5.91 Å². The molecule has 0 spiro atoms. The van der Waals surface area contributed by atoms with E-state index >= 15 is 0 Å². The van der Waals surface area contributed by atoms with Gasteiger partial charge >= 0.3 is 12.1 Å². The fourth-order valence-electron chi connectivity index (χ4n) is 4.90. The highest BCUT2D eigenvalue weighted by Gasteiger charge is 2.48. The van der Waals surface area contributed by atoms with Crippen molar-refractivity contribution in [3.63, 3.8) is 0 Å². The molecule has 2 N–H and O–H groups in total. The van der Waals surface area contributed by atoms with Gasteiger partial charge in [-0.2, -0.15) is 0 Å². The summed E-state index contributed by atoms with van der Waals surface area (Å²) >= 11 is 0. The van der Waals surface area contributed by atoms with Gasteiger partial charge in [0.15, 0.2) is 6.10 Å². The number of fused-ring (bicyclic) bond motifs is 3. The lowest BCUT2D eigenvalue weighted by Gasteiger charge is -2.24. The van der Waals surface area contributed by atoms with Gasteiger partial charge in [-0.25, -0.2) is 4.79 Å². The van der Waals surface area contributed by atoms with Crippen molar-refractivity contribution in [2.24, 2.45) is 11.3 Å². The first kappa shape index (κ1) is 23.8. The minimum Gasteiger partial charge on any atom is -0.481 e. The van der Waals surface area contributed by atoms with Crippen LogP contribution in [0.15, 0.2) is 48.5 Å². The van der Waals surface area contributed by atoms with Crippen LogP contribution >= 0.6 is 0 Å². The third kappa shape index (κ3) is 4.25. The molecule has 180 valence electrons. The van der Waals surface area contributed by atoms with Crippen molar-refractivity contribution in [1.29, 1.82) is 0 Å². The van der Waals surface area contributed by atoms with E-state index in [9.17, 15) is 19.5 Å². The van der Waals surface area contributed by atoms with Gasteiger partial charge in [0, 0.05) is 26.1 Å². The Morgan fingerprint density at radius 3 is 2.24 bits per heavy atom. The number of ether oxygens (including phenoxy) is 2. The van der Waals surface area contributed by atoms with Crippen LogP contribution in [0.25, 0.3) is 11.1 Å². The molecule has 1 unspecified atom stereocenters. The molecule has 34 heavy (non-hydrogen) atoms. The normalized spacial score (nSPS) is 22.1. The van der Waals surface area contributed by atoms with Crippen LogP contribution in [0.1, 0.15) is 30.9 Å². The predicted molar refractivity (Wildman–Crippen MR) is 125 cm³/mol. The number of carbonyl (C=O) groups excluding carboxylic acids is 2. The fourth-order valence-corrected chi connectivity index (χ4v) is 4.90. The standard InChI is InChI=1S/C26H30N2O6/c1-16-13-28(15-26(16,2)24(30)31)23(29)22(33-3)12-27-25(32)34-14-21-19-10-6-4-8-17(19)18-9-5-7-11-20(18)21/h4-11,16,21-22H,12-15H2,1-3H3,(H,27,32)(H,30,31)/t16-,22?,26-/m0/s1. The predicted octanol–water partition coefficient (Wildman–Crippen LogP) is 3.11. The minimum atomic E-state index is -1.01. The number of hydrogen-bond donors (Lipinski definition) is 2. The van der Waals surface area contributed by atoms with Crippen molar-refractivity contribution >= 4 is 18.0 Å². The molecule has 0 saturated carbocycles. The first-order valence-corrected chi connectivity index (χ1v) is 11.4. The molecule has 1 heterocycles. The Kier molecular flexibility index (Phi) is 6.61. The van der Waals surface area contributed by atoms with E-state index < -0.39 is 23.6 Å². The number of alkyl carbamates (subject to hydrolysis) is 1. The van der Waals surface area contributed by atoms with Gasteiger partial charge in [0.1, 0.15) is 6.61 Å². The van der Waals surface area contributed by atoms with E-state index in [0.29, 0.717) is 6.54 Å². The van der Waals surface area contributed by atoms with Gasteiger partial charge in [-0.15, -0.1) is 0 Å². The quantitative estimate of drug-likeness (QED) is 0.650. The summed E-state index contributed by atoms with van der Waals surface area (Å²) in [7, 11) is 1.39. The second kappa shape index (κ2) is 9.46. The van der Waals surface area contributed by atoms with Crippen molar-refractivity contribution in [2.45, 2.75) is 25.9 Å². The summed E-state index contributed by atoms with van der Waals surface area (Å²) in [6.45, 7) is 3.99. The second-order valence-corrected chi connectivity index (χ2v) is 9.27. The molecule has 2 amide bonds. The molecule has 2 aromatic carbocycles. The Morgan fingerprint density at radius 2 is 1.71 bits per heavy atom. The summed E-state index contributed by atoms with van der Waals surface area (Å²) in [6, 6.07) is 16.2. The Balaban J connectivity index is 1.33. The number of likely N-dealkylation sites (tertiary alicyclic amines) is 1. The zero-order valence-electron chi connectivity index (χ0n) is 19.6. The SMILES string of the molecule is COC(CNC(=O)OCC1c2ccccc2-c2ccccc21)C(=O)N1C[C@H](C)[C@@](C)(C(=O)O)C1. The molecule has 1 aliphatic carbocycles. The Morgan fingerprint density at radius 1 is 1.12 bits per heavy atom. The molecular weight excluding hydrogens is 436 g/mol. The van der Waals surface area contributed by atoms with Crippen LogP contribution in [0.4, 0.5) is 4.79 Å². The maximum atomic E-state index is 12.9. The molecule has 1 fully saturated rings. The molecule has 3 atom stereocenters. The third-order valence-corrected chi connectivity index (χ3v) is 7.24. The molecular formula is C26H30N2O6. The number of amides is 2. The van der Waals surface area contributed by atoms with Crippen LogP contribution in [-0.4, -0.2) is 67.4 Å². The van der Waals surface area contributed by atoms with E-state index in [1.807, 2.05) is 43.3 Å². The zero-order chi connectivity index (χ0) is 24.5. The lowest BCUT2D eigenvalue weighted by Crippen LogP contribution is -2.46. The van der Waals surface area contributed by atoms with Gasteiger partial charge in [0.2, 0.25) is 0 Å². The number of benzene rings is 2. The number of rotatable bonds is 7. The molecule has 8 nitrogen and oxygen atoms in total. The van der Waals surface area contributed by atoms with E-state index in [1.54, 1.807) is 6.92 Å². The van der Waals surface area contributed by atoms with Gasteiger partial charge < -0.3 is 24.8 Å². The molecule has 0 aromatic heterocycles. The maximum Gasteiger partial charge on any atom is 0.407 e. The van der Waals surface area contributed by atoms with Crippen molar-refractivity contribution in [3.05, 3.63) is 59.7 Å².